The highest BCUT2D eigenvalue weighted by atomic mass is 16.5. The van der Waals surface area contributed by atoms with Gasteiger partial charge in [-0.05, 0) is 38.4 Å². The zero-order valence-electron chi connectivity index (χ0n) is 10.1. The molecule has 0 bridgehead atoms. The van der Waals surface area contributed by atoms with Crippen molar-refractivity contribution < 1.29 is 4.74 Å². The van der Waals surface area contributed by atoms with Crippen molar-refractivity contribution in [2.45, 2.75) is 26.3 Å². The molecule has 0 amide bonds. The van der Waals surface area contributed by atoms with Crippen molar-refractivity contribution >= 4 is 0 Å². The molecule has 2 nitrogen and oxygen atoms in total. The fraction of sp³-hybridized carbons (Fsp3) is 0.538. The molecule has 1 rings (SSSR count). The summed E-state index contributed by atoms with van der Waals surface area (Å²) >= 11 is 0. The van der Waals surface area contributed by atoms with E-state index in [1.807, 2.05) is 7.05 Å². The zero-order valence-corrected chi connectivity index (χ0v) is 10.1. The second-order valence-electron chi connectivity index (χ2n) is 4.08. The highest BCUT2D eigenvalue weighted by molar-refractivity contribution is 5.31. The van der Waals surface area contributed by atoms with Crippen LogP contribution in [0.4, 0.5) is 0 Å². The first-order chi connectivity index (χ1) is 7.17. The summed E-state index contributed by atoms with van der Waals surface area (Å²) in [6, 6.07) is 7.00. The molecule has 0 aromatic heterocycles. The number of likely N-dealkylation sites (N-methyl/N-ethyl adjacent to an activating group) is 1. The number of benzene rings is 1. The van der Waals surface area contributed by atoms with E-state index in [1.165, 1.54) is 16.7 Å². The third kappa shape index (κ3) is 3.65. The Morgan fingerprint density at radius 1 is 1.33 bits per heavy atom. The fourth-order valence-electron chi connectivity index (χ4n) is 1.73. The predicted octanol–water partition coefficient (Wildman–Crippen LogP) is 2.08. The van der Waals surface area contributed by atoms with Crippen LogP contribution in [0.25, 0.3) is 0 Å². The lowest BCUT2D eigenvalue weighted by molar-refractivity contribution is 0.169. The number of hydrogen-bond acceptors (Lipinski definition) is 2. The monoisotopic (exact) mass is 207 g/mol. The van der Waals surface area contributed by atoms with Crippen molar-refractivity contribution in [3.05, 3.63) is 34.9 Å². The van der Waals surface area contributed by atoms with E-state index in [1.54, 1.807) is 7.11 Å². The van der Waals surface area contributed by atoms with Gasteiger partial charge in [-0.25, -0.2) is 0 Å². The third-order valence-electron chi connectivity index (χ3n) is 2.75. The first kappa shape index (κ1) is 12.2. The lowest BCUT2D eigenvalue weighted by Gasteiger charge is -2.16. The van der Waals surface area contributed by atoms with Crippen molar-refractivity contribution in [3.63, 3.8) is 0 Å². The average Bonchev–Trinajstić information content (AvgIpc) is 2.22. The third-order valence-corrected chi connectivity index (χ3v) is 2.75. The molecular weight excluding hydrogens is 186 g/mol. The van der Waals surface area contributed by atoms with Crippen molar-refractivity contribution in [1.29, 1.82) is 0 Å². The Balaban J connectivity index is 2.73. The van der Waals surface area contributed by atoms with Gasteiger partial charge in [0.2, 0.25) is 0 Å². The van der Waals surface area contributed by atoms with Crippen LogP contribution in [0, 0.1) is 13.8 Å². The van der Waals surface area contributed by atoms with E-state index >= 15 is 0 Å². The van der Waals surface area contributed by atoms with Gasteiger partial charge in [0.05, 0.1) is 6.61 Å². The van der Waals surface area contributed by atoms with Gasteiger partial charge in [-0.15, -0.1) is 0 Å². The maximum Gasteiger partial charge on any atom is 0.0618 e. The van der Waals surface area contributed by atoms with Crippen molar-refractivity contribution in [2.75, 3.05) is 20.8 Å². The van der Waals surface area contributed by atoms with Crippen LogP contribution in [-0.4, -0.2) is 26.8 Å². The Hall–Kier alpha value is -0.860. The van der Waals surface area contributed by atoms with Crippen molar-refractivity contribution in [2.24, 2.45) is 0 Å². The topological polar surface area (TPSA) is 21.3 Å². The molecule has 0 heterocycles. The molecule has 0 aliphatic heterocycles. The standard InChI is InChI=1S/C13H21NO/c1-10-5-6-11(2)12(7-10)8-13(14-3)9-15-4/h5-7,13-14H,8-9H2,1-4H3. The highest BCUT2D eigenvalue weighted by Crippen LogP contribution is 2.12. The van der Waals surface area contributed by atoms with E-state index < -0.39 is 0 Å². The highest BCUT2D eigenvalue weighted by Gasteiger charge is 2.08. The van der Waals surface area contributed by atoms with E-state index in [4.69, 9.17) is 4.74 Å². The smallest absolute Gasteiger partial charge is 0.0618 e. The Bertz CT molecular complexity index is 309. The summed E-state index contributed by atoms with van der Waals surface area (Å²) in [5.74, 6) is 0. The van der Waals surface area contributed by atoms with Gasteiger partial charge in [0.15, 0.2) is 0 Å². The molecule has 1 aromatic rings. The van der Waals surface area contributed by atoms with E-state index in [-0.39, 0.29) is 0 Å². The molecule has 1 atom stereocenters. The van der Waals surface area contributed by atoms with Gasteiger partial charge in [-0.1, -0.05) is 23.8 Å². The van der Waals surface area contributed by atoms with E-state index in [0.29, 0.717) is 6.04 Å². The van der Waals surface area contributed by atoms with Crippen LogP contribution in [0.3, 0.4) is 0 Å². The maximum atomic E-state index is 5.17. The molecule has 0 fully saturated rings. The Morgan fingerprint density at radius 2 is 2.07 bits per heavy atom. The van der Waals surface area contributed by atoms with Crippen LogP contribution in [0.15, 0.2) is 18.2 Å². The van der Waals surface area contributed by atoms with Gasteiger partial charge in [0.1, 0.15) is 0 Å². The molecule has 1 N–H and O–H groups in total. The predicted molar refractivity (Wildman–Crippen MR) is 64.3 cm³/mol. The van der Waals surface area contributed by atoms with Gasteiger partial charge in [0, 0.05) is 13.2 Å². The van der Waals surface area contributed by atoms with Gasteiger partial charge in [0.25, 0.3) is 0 Å². The number of ether oxygens (including phenoxy) is 1. The minimum absolute atomic E-state index is 0.399. The Labute approximate surface area is 92.6 Å². The lowest BCUT2D eigenvalue weighted by atomic mass is 9.99. The molecule has 2 heteroatoms. The number of methoxy groups -OCH3 is 1. The SMILES string of the molecule is CNC(COC)Cc1cc(C)ccc1C. The van der Waals surface area contributed by atoms with Gasteiger partial charge in [-0.3, -0.25) is 0 Å². The molecule has 0 saturated heterocycles. The minimum Gasteiger partial charge on any atom is -0.383 e. The Morgan fingerprint density at radius 3 is 2.67 bits per heavy atom. The normalized spacial score (nSPS) is 12.8. The van der Waals surface area contributed by atoms with Crippen LogP contribution < -0.4 is 5.32 Å². The number of nitrogens with one attached hydrogen (secondary N) is 1. The largest absolute Gasteiger partial charge is 0.383 e. The molecule has 0 aliphatic rings. The summed E-state index contributed by atoms with van der Waals surface area (Å²) in [4.78, 5) is 0. The molecule has 1 aromatic carbocycles. The zero-order chi connectivity index (χ0) is 11.3. The molecular formula is C13H21NO. The summed E-state index contributed by atoms with van der Waals surface area (Å²) in [7, 11) is 3.72. The second-order valence-corrected chi connectivity index (χ2v) is 4.08. The van der Waals surface area contributed by atoms with Crippen LogP contribution in [0.1, 0.15) is 16.7 Å². The second kappa shape index (κ2) is 5.89. The van der Waals surface area contributed by atoms with Crippen LogP contribution in [0.5, 0.6) is 0 Å². The van der Waals surface area contributed by atoms with Crippen LogP contribution in [0.2, 0.25) is 0 Å². The molecule has 0 saturated carbocycles. The van der Waals surface area contributed by atoms with E-state index in [2.05, 4.69) is 37.4 Å². The van der Waals surface area contributed by atoms with Crippen molar-refractivity contribution in [1.82, 2.24) is 5.32 Å². The van der Waals surface area contributed by atoms with Gasteiger partial charge >= 0.3 is 0 Å². The first-order valence-corrected chi connectivity index (χ1v) is 5.39. The van der Waals surface area contributed by atoms with Crippen LogP contribution in [-0.2, 0) is 11.2 Å². The van der Waals surface area contributed by atoms with E-state index in [9.17, 15) is 0 Å². The van der Waals surface area contributed by atoms with Gasteiger partial charge < -0.3 is 10.1 Å². The number of rotatable bonds is 5. The molecule has 0 spiro atoms. The summed E-state index contributed by atoms with van der Waals surface area (Å²) in [5.41, 5.74) is 4.09. The summed E-state index contributed by atoms with van der Waals surface area (Å²) in [5, 5.41) is 3.27. The Kier molecular flexibility index (Phi) is 4.79. The minimum atomic E-state index is 0.399. The molecule has 1 unspecified atom stereocenters. The van der Waals surface area contributed by atoms with Gasteiger partial charge in [-0.2, -0.15) is 0 Å². The number of aryl methyl sites for hydroxylation is 2. The average molecular weight is 207 g/mol. The fourth-order valence-corrected chi connectivity index (χ4v) is 1.73. The molecule has 84 valence electrons. The van der Waals surface area contributed by atoms with E-state index in [0.717, 1.165) is 13.0 Å². The van der Waals surface area contributed by atoms with Crippen LogP contribution >= 0.6 is 0 Å². The maximum absolute atomic E-state index is 5.17. The van der Waals surface area contributed by atoms with Crippen molar-refractivity contribution in [3.8, 4) is 0 Å². The first-order valence-electron chi connectivity index (χ1n) is 5.39. The summed E-state index contributed by atoms with van der Waals surface area (Å²) in [6.45, 7) is 5.05. The quantitative estimate of drug-likeness (QED) is 0.798. The summed E-state index contributed by atoms with van der Waals surface area (Å²) < 4.78 is 5.17. The molecule has 0 aliphatic carbocycles. The molecule has 0 radical (unpaired) electrons. The summed E-state index contributed by atoms with van der Waals surface area (Å²) in [6.07, 6.45) is 1.03. The lowest BCUT2D eigenvalue weighted by Crippen LogP contribution is -2.32. The number of hydrogen-bond donors (Lipinski definition) is 1. The molecule has 15 heavy (non-hydrogen) atoms.